The van der Waals surface area contributed by atoms with E-state index in [2.05, 4.69) is 11.9 Å². The molecular formula is C7H13NOS. The quantitative estimate of drug-likeness (QED) is 0.608. The summed E-state index contributed by atoms with van der Waals surface area (Å²) in [5.74, 6) is 0.725. The summed E-state index contributed by atoms with van der Waals surface area (Å²) < 4.78 is 0. The van der Waals surface area contributed by atoms with Gasteiger partial charge in [0, 0.05) is 18.7 Å². The molecule has 0 radical (unpaired) electrons. The SMILES string of the molecule is C=CCSC(=O)CCNC. The third kappa shape index (κ3) is 5.85. The van der Waals surface area contributed by atoms with Gasteiger partial charge in [-0.25, -0.2) is 0 Å². The summed E-state index contributed by atoms with van der Waals surface area (Å²) in [5.41, 5.74) is 0. The van der Waals surface area contributed by atoms with Crippen LogP contribution >= 0.6 is 11.8 Å². The molecule has 0 bridgehead atoms. The fourth-order valence-electron chi connectivity index (χ4n) is 0.451. The first kappa shape index (κ1) is 9.72. The molecule has 0 aliphatic heterocycles. The van der Waals surface area contributed by atoms with Gasteiger partial charge in [0.1, 0.15) is 0 Å². The Hall–Kier alpha value is -0.280. The van der Waals surface area contributed by atoms with Crippen LogP contribution in [0.3, 0.4) is 0 Å². The van der Waals surface area contributed by atoms with Gasteiger partial charge in [0.05, 0.1) is 0 Å². The van der Waals surface area contributed by atoms with Crippen molar-refractivity contribution < 1.29 is 4.79 Å². The Labute approximate surface area is 66.1 Å². The van der Waals surface area contributed by atoms with Crippen LogP contribution in [0.2, 0.25) is 0 Å². The van der Waals surface area contributed by atoms with Crippen LogP contribution in [0.15, 0.2) is 12.7 Å². The molecule has 0 atom stereocenters. The lowest BCUT2D eigenvalue weighted by molar-refractivity contribution is -0.110. The van der Waals surface area contributed by atoms with Gasteiger partial charge in [-0.05, 0) is 7.05 Å². The monoisotopic (exact) mass is 159 g/mol. The Morgan fingerprint density at radius 2 is 2.50 bits per heavy atom. The number of thioether (sulfide) groups is 1. The van der Waals surface area contributed by atoms with Gasteiger partial charge in [0.2, 0.25) is 0 Å². The zero-order chi connectivity index (χ0) is 7.82. The van der Waals surface area contributed by atoms with Crippen LogP contribution in [0, 0.1) is 0 Å². The first-order valence-corrected chi connectivity index (χ1v) is 4.21. The molecule has 58 valence electrons. The van der Waals surface area contributed by atoms with Gasteiger partial charge in [0.25, 0.3) is 0 Å². The Bertz CT molecular complexity index is 114. The summed E-state index contributed by atoms with van der Waals surface area (Å²) in [7, 11) is 1.84. The van der Waals surface area contributed by atoms with Crippen LogP contribution in [0.25, 0.3) is 0 Å². The molecule has 0 saturated heterocycles. The Kier molecular flexibility index (Phi) is 6.64. The molecule has 0 aliphatic carbocycles. The van der Waals surface area contributed by atoms with Crippen molar-refractivity contribution >= 4 is 16.9 Å². The highest BCUT2D eigenvalue weighted by Crippen LogP contribution is 2.03. The molecule has 1 N–H and O–H groups in total. The van der Waals surface area contributed by atoms with Crippen LogP contribution in [0.1, 0.15) is 6.42 Å². The molecule has 0 saturated carbocycles. The molecule has 0 heterocycles. The fraction of sp³-hybridized carbons (Fsp3) is 0.571. The van der Waals surface area contributed by atoms with Crippen molar-refractivity contribution in [1.29, 1.82) is 0 Å². The maximum atomic E-state index is 10.8. The van der Waals surface area contributed by atoms with Crippen LogP contribution < -0.4 is 5.32 Å². The number of carbonyl (C=O) groups is 1. The molecule has 10 heavy (non-hydrogen) atoms. The molecule has 2 nitrogen and oxygen atoms in total. The fourth-order valence-corrected chi connectivity index (χ4v) is 1.00. The smallest absolute Gasteiger partial charge is 0.190 e. The standard InChI is InChI=1S/C7H13NOS/c1-3-6-10-7(9)4-5-8-2/h3,8H,1,4-6H2,2H3. The lowest BCUT2D eigenvalue weighted by Gasteiger charge is -1.95. The number of carbonyl (C=O) groups excluding carboxylic acids is 1. The van der Waals surface area contributed by atoms with Gasteiger partial charge in [0.15, 0.2) is 5.12 Å². The molecule has 0 aromatic carbocycles. The summed E-state index contributed by atoms with van der Waals surface area (Å²) in [5, 5.41) is 3.15. The number of nitrogens with one attached hydrogen (secondary N) is 1. The molecule has 0 aromatic heterocycles. The highest BCUT2D eigenvalue weighted by Gasteiger charge is 1.97. The second kappa shape index (κ2) is 6.83. The minimum atomic E-state index is 0.231. The van der Waals surface area contributed by atoms with E-state index in [-0.39, 0.29) is 5.12 Å². The van der Waals surface area contributed by atoms with Crippen molar-refractivity contribution in [3.63, 3.8) is 0 Å². The van der Waals surface area contributed by atoms with Crippen LogP contribution in [0.5, 0.6) is 0 Å². The predicted octanol–water partition coefficient (Wildman–Crippen LogP) is 1.04. The summed E-state index contributed by atoms with van der Waals surface area (Å²) >= 11 is 1.32. The average molecular weight is 159 g/mol. The molecule has 0 amide bonds. The third-order valence-corrected chi connectivity index (χ3v) is 1.87. The second-order valence-corrected chi connectivity index (χ2v) is 2.90. The van der Waals surface area contributed by atoms with E-state index < -0.39 is 0 Å². The highest BCUT2D eigenvalue weighted by atomic mass is 32.2. The molecule has 0 spiro atoms. The lowest BCUT2D eigenvalue weighted by Crippen LogP contribution is -2.11. The van der Waals surface area contributed by atoms with Crippen molar-refractivity contribution in [3.8, 4) is 0 Å². The summed E-state index contributed by atoms with van der Waals surface area (Å²) in [6.07, 6.45) is 2.34. The van der Waals surface area contributed by atoms with Crippen molar-refractivity contribution in [3.05, 3.63) is 12.7 Å². The van der Waals surface area contributed by atoms with E-state index in [1.165, 1.54) is 11.8 Å². The van der Waals surface area contributed by atoms with Crippen molar-refractivity contribution in [2.24, 2.45) is 0 Å². The molecular weight excluding hydrogens is 146 g/mol. The van der Waals surface area contributed by atoms with Gasteiger partial charge in [-0.3, -0.25) is 4.79 Å². The minimum absolute atomic E-state index is 0.231. The molecule has 0 fully saturated rings. The van der Waals surface area contributed by atoms with Crippen molar-refractivity contribution in [2.45, 2.75) is 6.42 Å². The van der Waals surface area contributed by atoms with E-state index in [4.69, 9.17) is 0 Å². The maximum absolute atomic E-state index is 10.8. The number of rotatable bonds is 5. The zero-order valence-electron chi connectivity index (χ0n) is 6.22. The van der Waals surface area contributed by atoms with Gasteiger partial charge >= 0.3 is 0 Å². The van der Waals surface area contributed by atoms with E-state index in [1.54, 1.807) is 6.08 Å². The average Bonchev–Trinajstić information content (AvgIpc) is 1.97. The van der Waals surface area contributed by atoms with E-state index in [9.17, 15) is 4.79 Å². The topological polar surface area (TPSA) is 29.1 Å². The summed E-state index contributed by atoms with van der Waals surface area (Å²) in [6, 6.07) is 0. The van der Waals surface area contributed by atoms with E-state index in [0.717, 1.165) is 12.3 Å². The number of hydrogen-bond donors (Lipinski definition) is 1. The van der Waals surface area contributed by atoms with Crippen molar-refractivity contribution in [1.82, 2.24) is 5.32 Å². The van der Waals surface area contributed by atoms with Crippen LogP contribution in [-0.4, -0.2) is 24.5 Å². The number of hydrogen-bond acceptors (Lipinski definition) is 3. The van der Waals surface area contributed by atoms with Crippen LogP contribution in [-0.2, 0) is 4.79 Å². The lowest BCUT2D eigenvalue weighted by atomic mass is 10.5. The largest absolute Gasteiger partial charge is 0.319 e. The second-order valence-electron chi connectivity index (χ2n) is 1.83. The van der Waals surface area contributed by atoms with Gasteiger partial charge in [-0.1, -0.05) is 17.8 Å². The highest BCUT2D eigenvalue weighted by molar-refractivity contribution is 8.13. The molecule has 0 unspecified atom stereocenters. The zero-order valence-corrected chi connectivity index (χ0v) is 7.04. The summed E-state index contributed by atoms with van der Waals surface area (Å²) in [6.45, 7) is 4.29. The Balaban J connectivity index is 3.16. The van der Waals surface area contributed by atoms with E-state index in [1.807, 2.05) is 7.05 Å². The molecule has 3 heteroatoms. The van der Waals surface area contributed by atoms with E-state index in [0.29, 0.717) is 6.42 Å². The Morgan fingerprint density at radius 1 is 1.80 bits per heavy atom. The first-order chi connectivity index (χ1) is 4.81. The van der Waals surface area contributed by atoms with E-state index >= 15 is 0 Å². The third-order valence-electron chi connectivity index (χ3n) is 0.941. The minimum Gasteiger partial charge on any atom is -0.319 e. The Morgan fingerprint density at radius 3 is 3.00 bits per heavy atom. The van der Waals surface area contributed by atoms with Crippen LogP contribution in [0.4, 0.5) is 0 Å². The molecule has 0 aromatic rings. The summed E-state index contributed by atoms with van der Waals surface area (Å²) in [4.78, 5) is 10.8. The normalized spacial score (nSPS) is 9.30. The van der Waals surface area contributed by atoms with Gasteiger partial charge in [-0.2, -0.15) is 0 Å². The first-order valence-electron chi connectivity index (χ1n) is 3.22. The van der Waals surface area contributed by atoms with Gasteiger partial charge in [-0.15, -0.1) is 6.58 Å². The maximum Gasteiger partial charge on any atom is 0.190 e. The molecule has 0 rings (SSSR count). The predicted molar refractivity (Wildman–Crippen MR) is 46.2 cm³/mol. The molecule has 0 aliphatic rings. The van der Waals surface area contributed by atoms with Crippen molar-refractivity contribution in [2.75, 3.05) is 19.3 Å². The van der Waals surface area contributed by atoms with Gasteiger partial charge < -0.3 is 5.32 Å².